The lowest BCUT2D eigenvalue weighted by atomic mass is 10.1. The summed E-state index contributed by atoms with van der Waals surface area (Å²) in [6.07, 6.45) is 1.71. The van der Waals surface area contributed by atoms with Gasteiger partial charge in [-0.15, -0.1) is 0 Å². The summed E-state index contributed by atoms with van der Waals surface area (Å²) in [5, 5.41) is 2.82. The van der Waals surface area contributed by atoms with E-state index in [0.717, 1.165) is 22.3 Å². The van der Waals surface area contributed by atoms with Crippen molar-refractivity contribution in [3.05, 3.63) is 87.8 Å². The van der Waals surface area contributed by atoms with Gasteiger partial charge in [-0.25, -0.2) is 8.42 Å². The Labute approximate surface area is 203 Å². The summed E-state index contributed by atoms with van der Waals surface area (Å²) in [5.41, 5.74) is 4.00. The third-order valence-corrected chi connectivity index (χ3v) is 8.14. The fraction of sp³-hybridized carbons (Fsp3) is 0.154. The molecule has 1 N–H and O–H groups in total. The summed E-state index contributed by atoms with van der Waals surface area (Å²) in [5.74, 6) is -0.348. The second-order valence-electron chi connectivity index (χ2n) is 8.01. The Balaban J connectivity index is 1.60. The van der Waals surface area contributed by atoms with Crippen molar-refractivity contribution < 1.29 is 22.7 Å². The van der Waals surface area contributed by atoms with E-state index in [-0.39, 0.29) is 16.6 Å². The van der Waals surface area contributed by atoms with Gasteiger partial charge in [0.15, 0.2) is 9.84 Å². The highest BCUT2D eigenvalue weighted by Crippen LogP contribution is 2.40. The summed E-state index contributed by atoms with van der Waals surface area (Å²) in [7, 11) is -3.58. The SMILES string of the molecule is CC(=O)Oc1ccc(C=C2Sc3cc(S(=O)(=O)Cc4c(C)cccc4C)ccc3NC2=O)cc1. The molecule has 0 spiro atoms. The van der Waals surface area contributed by atoms with E-state index in [0.29, 0.717) is 21.2 Å². The van der Waals surface area contributed by atoms with Crippen LogP contribution < -0.4 is 10.1 Å². The fourth-order valence-corrected chi connectivity index (χ4v) is 6.27. The standard InChI is InChI=1S/C26H23NO5S2/c1-16-5-4-6-17(2)22(16)15-34(30,31)21-11-12-23-24(14-21)33-25(26(29)27-23)13-19-7-9-20(10-8-19)32-18(3)28/h4-14H,15H2,1-3H3,(H,27,29). The maximum Gasteiger partial charge on any atom is 0.308 e. The molecule has 0 saturated carbocycles. The first-order valence-corrected chi connectivity index (χ1v) is 13.0. The number of hydrogen-bond donors (Lipinski definition) is 1. The van der Waals surface area contributed by atoms with Gasteiger partial charge in [-0.1, -0.05) is 42.1 Å². The molecule has 1 heterocycles. The Morgan fingerprint density at radius 1 is 1.03 bits per heavy atom. The zero-order valence-electron chi connectivity index (χ0n) is 18.9. The van der Waals surface area contributed by atoms with E-state index in [1.54, 1.807) is 42.5 Å². The monoisotopic (exact) mass is 493 g/mol. The van der Waals surface area contributed by atoms with Crippen LogP contribution in [0.4, 0.5) is 5.69 Å². The first kappa shape index (κ1) is 23.8. The predicted octanol–water partition coefficient (Wildman–Crippen LogP) is 5.29. The van der Waals surface area contributed by atoms with Gasteiger partial charge in [0.25, 0.3) is 5.91 Å². The minimum absolute atomic E-state index is 0.0846. The Hall–Kier alpha value is -3.36. The van der Waals surface area contributed by atoms with Gasteiger partial charge in [-0.05, 0) is 72.5 Å². The van der Waals surface area contributed by atoms with Crippen LogP contribution in [0, 0.1) is 13.8 Å². The quantitative estimate of drug-likeness (QED) is 0.295. The number of amides is 1. The lowest BCUT2D eigenvalue weighted by Gasteiger charge is -2.20. The molecule has 0 unspecified atom stereocenters. The second-order valence-corrected chi connectivity index (χ2v) is 11.1. The highest BCUT2D eigenvalue weighted by atomic mass is 32.2. The number of sulfone groups is 1. The third kappa shape index (κ3) is 5.24. The van der Waals surface area contributed by atoms with Crippen molar-refractivity contribution in [2.75, 3.05) is 5.32 Å². The summed E-state index contributed by atoms with van der Waals surface area (Å²) in [6.45, 7) is 5.14. The molecular formula is C26H23NO5S2. The van der Waals surface area contributed by atoms with Gasteiger partial charge >= 0.3 is 5.97 Å². The number of esters is 1. The Morgan fingerprint density at radius 2 is 1.71 bits per heavy atom. The first-order chi connectivity index (χ1) is 16.1. The number of nitrogens with one attached hydrogen (secondary N) is 1. The summed E-state index contributed by atoms with van der Waals surface area (Å²) in [6, 6.07) is 17.3. The third-order valence-electron chi connectivity index (χ3n) is 5.42. The summed E-state index contributed by atoms with van der Waals surface area (Å²) >= 11 is 1.22. The van der Waals surface area contributed by atoms with Gasteiger partial charge in [0.1, 0.15) is 5.75 Å². The van der Waals surface area contributed by atoms with Crippen molar-refractivity contribution >= 4 is 45.2 Å². The van der Waals surface area contributed by atoms with Crippen molar-refractivity contribution in [2.24, 2.45) is 0 Å². The van der Waals surface area contributed by atoms with Crippen LogP contribution in [-0.2, 0) is 25.2 Å². The van der Waals surface area contributed by atoms with Gasteiger partial charge in [0, 0.05) is 11.8 Å². The van der Waals surface area contributed by atoms with E-state index in [9.17, 15) is 18.0 Å². The van der Waals surface area contributed by atoms with Crippen LogP contribution in [0.5, 0.6) is 5.75 Å². The average Bonchev–Trinajstić information content (AvgIpc) is 2.77. The highest BCUT2D eigenvalue weighted by Gasteiger charge is 2.25. The molecule has 0 aromatic heterocycles. The number of benzene rings is 3. The first-order valence-electron chi connectivity index (χ1n) is 10.5. The van der Waals surface area contributed by atoms with E-state index in [2.05, 4.69) is 5.32 Å². The molecule has 4 rings (SSSR count). The number of fused-ring (bicyclic) bond motifs is 1. The molecule has 0 radical (unpaired) electrons. The number of carbonyl (C=O) groups is 2. The molecule has 1 aliphatic rings. The molecule has 3 aromatic carbocycles. The topological polar surface area (TPSA) is 89.5 Å². The fourth-order valence-electron chi connectivity index (χ4n) is 3.63. The smallest absolute Gasteiger partial charge is 0.308 e. The van der Waals surface area contributed by atoms with Crippen LogP contribution in [0.1, 0.15) is 29.2 Å². The molecule has 34 heavy (non-hydrogen) atoms. The van der Waals surface area contributed by atoms with Crippen LogP contribution in [0.3, 0.4) is 0 Å². The average molecular weight is 494 g/mol. The maximum atomic E-state index is 13.2. The van der Waals surface area contributed by atoms with Gasteiger partial charge in [0.2, 0.25) is 0 Å². The van der Waals surface area contributed by atoms with Crippen molar-refractivity contribution in [3.8, 4) is 5.75 Å². The number of hydrogen-bond acceptors (Lipinski definition) is 6. The Bertz CT molecular complexity index is 1400. The molecule has 3 aromatic rings. The highest BCUT2D eigenvalue weighted by molar-refractivity contribution is 8.04. The molecular weight excluding hydrogens is 470 g/mol. The molecule has 1 aliphatic heterocycles. The van der Waals surface area contributed by atoms with E-state index < -0.39 is 15.8 Å². The van der Waals surface area contributed by atoms with Crippen molar-refractivity contribution in [3.63, 3.8) is 0 Å². The number of thioether (sulfide) groups is 1. The molecule has 174 valence electrons. The van der Waals surface area contributed by atoms with Crippen LogP contribution in [-0.4, -0.2) is 20.3 Å². The molecule has 8 heteroatoms. The molecule has 0 aliphatic carbocycles. The van der Waals surface area contributed by atoms with Crippen molar-refractivity contribution in [1.82, 2.24) is 0 Å². The zero-order valence-corrected chi connectivity index (χ0v) is 20.5. The Kier molecular flexibility index (Phi) is 6.63. The maximum absolute atomic E-state index is 13.2. The van der Waals surface area contributed by atoms with E-state index in [1.807, 2.05) is 32.0 Å². The number of anilines is 1. The van der Waals surface area contributed by atoms with Crippen LogP contribution in [0.2, 0.25) is 0 Å². The largest absolute Gasteiger partial charge is 0.427 e. The summed E-state index contributed by atoms with van der Waals surface area (Å²) < 4.78 is 31.4. The van der Waals surface area contributed by atoms with Crippen molar-refractivity contribution in [2.45, 2.75) is 36.3 Å². The molecule has 0 saturated heterocycles. The minimum Gasteiger partial charge on any atom is -0.427 e. The Morgan fingerprint density at radius 3 is 2.35 bits per heavy atom. The van der Waals surface area contributed by atoms with Gasteiger partial charge in [-0.3, -0.25) is 9.59 Å². The van der Waals surface area contributed by atoms with Crippen LogP contribution in [0.25, 0.3) is 6.08 Å². The van der Waals surface area contributed by atoms with Crippen LogP contribution in [0.15, 0.2) is 75.4 Å². The number of rotatable bonds is 5. The van der Waals surface area contributed by atoms with E-state index in [4.69, 9.17) is 4.74 Å². The van der Waals surface area contributed by atoms with Gasteiger partial charge in [-0.2, -0.15) is 0 Å². The zero-order chi connectivity index (χ0) is 24.5. The molecule has 0 fully saturated rings. The van der Waals surface area contributed by atoms with E-state index in [1.165, 1.54) is 24.8 Å². The number of carbonyl (C=O) groups excluding carboxylic acids is 2. The van der Waals surface area contributed by atoms with Crippen LogP contribution >= 0.6 is 11.8 Å². The normalized spacial score (nSPS) is 14.4. The lowest BCUT2D eigenvalue weighted by Crippen LogP contribution is -2.17. The molecule has 1 amide bonds. The molecule has 6 nitrogen and oxygen atoms in total. The number of aryl methyl sites for hydroxylation is 2. The number of ether oxygens (including phenoxy) is 1. The second kappa shape index (κ2) is 9.48. The molecule has 0 atom stereocenters. The van der Waals surface area contributed by atoms with E-state index >= 15 is 0 Å². The van der Waals surface area contributed by atoms with Gasteiger partial charge in [0.05, 0.1) is 21.2 Å². The minimum atomic E-state index is -3.58. The predicted molar refractivity (Wildman–Crippen MR) is 133 cm³/mol. The van der Waals surface area contributed by atoms with Crippen molar-refractivity contribution in [1.29, 1.82) is 0 Å². The lowest BCUT2D eigenvalue weighted by molar-refractivity contribution is -0.131. The molecule has 0 bridgehead atoms. The van der Waals surface area contributed by atoms with Gasteiger partial charge < -0.3 is 10.1 Å². The summed E-state index contributed by atoms with van der Waals surface area (Å²) in [4.78, 5) is 25.0.